The number of ether oxygens (including phenoxy) is 6. The van der Waals surface area contributed by atoms with Gasteiger partial charge in [0.15, 0.2) is 0 Å². The van der Waals surface area contributed by atoms with Gasteiger partial charge in [0.05, 0.1) is 50.6 Å². The molecular formula is C44H62FN5O11S. The molecule has 1 heterocycles. The maximum absolute atomic E-state index is 14.7. The summed E-state index contributed by atoms with van der Waals surface area (Å²) in [4.78, 5) is 56.5. The first-order chi connectivity index (χ1) is 29.5. The number of nitrogens with one attached hydrogen (secondary N) is 3. The lowest BCUT2D eigenvalue weighted by Crippen LogP contribution is -2.34. The van der Waals surface area contributed by atoms with Gasteiger partial charge in [0, 0.05) is 30.4 Å². The van der Waals surface area contributed by atoms with Crippen LogP contribution in [0.2, 0.25) is 0 Å². The highest BCUT2D eigenvalue weighted by Crippen LogP contribution is 2.32. The molecule has 1 aromatic heterocycles. The maximum Gasteiger partial charge on any atom is 0.329 e. The van der Waals surface area contributed by atoms with E-state index in [9.17, 15) is 23.6 Å². The number of rotatable bonds is 30. The second kappa shape index (κ2) is 27.2. The van der Waals surface area contributed by atoms with Gasteiger partial charge in [-0.15, -0.1) is 0 Å². The molecule has 0 aliphatic heterocycles. The minimum atomic E-state index is -1.05. The Hall–Kier alpha value is -4.88. The van der Waals surface area contributed by atoms with E-state index in [2.05, 4.69) is 32.2 Å². The van der Waals surface area contributed by atoms with E-state index in [0.717, 1.165) is 30.6 Å². The first kappa shape index (κ1) is 51.5. The number of halogens is 1. The third kappa shape index (κ3) is 21.8. The molecule has 0 saturated heterocycles. The largest absolute Gasteiger partial charge is 0.480 e. The van der Waals surface area contributed by atoms with Crippen LogP contribution in [-0.4, -0.2) is 110 Å². The molecule has 0 aliphatic carbocycles. The Kier molecular flexibility index (Phi) is 22.6. The van der Waals surface area contributed by atoms with Crippen LogP contribution in [-0.2, 0) is 44.5 Å². The number of amides is 2. The van der Waals surface area contributed by atoms with E-state index in [1.165, 1.54) is 30.4 Å². The highest BCUT2D eigenvalue weighted by Gasteiger charge is 2.33. The fourth-order valence-electron chi connectivity index (χ4n) is 5.82. The van der Waals surface area contributed by atoms with Crippen LogP contribution in [0.15, 0.2) is 59.8 Å². The Morgan fingerprint density at radius 2 is 1.40 bits per heavy atom. The standard InChI is InChI=1S/C44H62FN5O11S/c1-31(26-44(5,6)41(55)61-43(2,3)4)9-7-8-10-32-25-35(13-16-37(32)45)60-34-11-14-36(15-12-34)62-50-42-48-27-33(28-49-42)40(54)47-18-20-57-21-23-58-29-38(51)46-17-19-56-22-24-59-30-39(52)53/h11-16,25,27-28,31H,7-10,17-24,26,29-30H2,1-6H3,(H,46,51)(H,47,54)(H,52,53)(H,48,49,50). The molecule has 0 spiro atoms. The number of aromatic nitrogens is 2. The molecule has 0 radical (unpaired) electrons. The van der Waals surface area contributed by atoms with Crippen LogP contribution in [0.1, 0.15) is 83.1 Å². The Balaban J connectivity index is 1.27. The lowest BCUT2D eigenvalue weighted by Gasteiger charge is -2.30. The van der Waals surface area contributed by atoms with Crippen LogP contribution in [0.3, 0.4) is 0 Å². The molecule has 16 nitrogen and oxygen atoms in total. The van der Waals surface area contributed by atoms with Gasteiger partial charge in [0.25, 0.3) is 5.91 Å². The number of hydrogen-bond donors (Lipinski definition) is 4. The molecule has 3 rings (SSSR count). The van der Waals surface area contributed by atoms with Crippen molar-refractivity contribution in [3.05, 3.63) is 71.8 Å². The second-order valence-corrected chi connectivity index (χ2v) is 17.0. The number of benzene rings is 2. The minimum absolute atomic E-state index is 0.143. The van der Waals surface area contributed by atoms with Gasteiger partial charge in [-0.2, -0.15) is 0 Å². The van der Waals surface area contributed by atoms with Gasteiger partial charge < -0.3 is 44.2 Å². The number of carboxylic acids is 1. The van der Waals surface area contributed by atoms with Crippen molar-refractivity contribution < 1.29 is 57.1 Å². The topological polar surface area (TPSA) is 206 Å². The van der Waals surface area contributed by atoms with Crippen LogP contribution in [0, 0.1) is 17.2 Å². The molecule has 2 aromatic carbocycles. The molecule has 0 saturated carbocycles. The Morgan fingerprint density at radius 1 is 0.790 bits per heavy atom. The zero-order valence-electron chi connectivity index (χ0n) is 36.6. The number of aliphatic carboxylic acids is 1. The average molecular weight is 888 g/mol. The highest BCUT2D eigenvalue weighted by molar-refractivity contribution is 8.00. The molecule has 0 fully saturated rings. The lowest BCUT2D eigenvalue weighted by atomic mass is 9.81. The first-order valence-corrected chi connectivity index (χ1v) is 21.4. The third-order valence-corrected chi connectivity index (χ3v) is 9.55. The number of nitrogens with zero attached hydrogens (tertiary/aromatic N) is 2. The summed E-state index contributed by atoms with van der Waals surface area (Å²) < 4.78 is 50.1. The average Bonchev–Trinajstić information content (AvgIpc) is 3.21. The Morgan fingerprint density at radius 3 is 2.05 bits per heavy atom. The molecule has 0 bridgehead atoms. The van der Waals surface area contributed by atoms with E-state index in [1.807, 2.05) is 58.9 Å². The van der Waals surface area contributed by atoms with Crippen molar-refractivity contribution in [2.75, 3.05) is 70.7 Å². The van der Waals surface area contributed by atoms with Crippen LogP contribution in [0.4, 0.5) is 10.3 Å². The number of carbonyl (C=O) groups is 4. The van der Waals surface area contributed by atoms with Gasteiger partial charge in [-0.1, -0.05) is 19.8 Å². The molecule has 3 aromatic rings. The van der Waals surface area contributed by atoms with E-state index in [1.54, 1.807) is 12.1 Å². The van der Waals surface area contributed by atoms with Crippen LogP contribution < -0.4 is 20.1 Å². The highest BCUT2D eigenvalue weighted by atomic mass is 32.2. The number of hydrogen-bond acceptors (Lipinski definition) is 14. The molecule has 342 valence electrons. The number of aryl methyl sites for hydroxylation is 1. The number of unbranched alkanes of at least 4 members (excludes halogenated alkanes) is 1. The van der Waals surface area contributed by atoms with E-state index in [4.69, 9.17) is 33.5 Å². The Labute approximate surface area is 367 Å². The fraction of sp³-hybridized carbons (Fsp3) is 0.545. The van der Waals surface area contributed by atoms with E-state index in [0.29, 0.717) is 35.3 Å². The molecule has 18 heteroatoms. The summed E-state index contributed by atoms with van der Waals surface area (Å²) in [7, 11) is 0. The SMILES string of the molecule is CC(CCCCc1cc(Oc2ccc(SNc3ncc(C(=O)NCCOCCOCC(=O)NCCOCCOCC(=O)O)cn3)cc2)ccc1F)CC(C)(C)C(=O)OC(C)(C)C. The van der Waals surface area contributed by atoms with Crippen molar-refractivity contribution in [2.24, 2.45) is 11.3 Å². The van der Waals surface area contributed by atoms with Crippen molar-refractivity contribution in [1.82, 2.24) is 20.6 Å². The first-order valence-electron chi connectivity index (χ1n) is 20.6. The predicted octanol–water partition coefficient (Wildman–Crippen LogP) is 6.63. The van der Waals surface area contributed by atoms with Crippen molar-refractivity contribution in [3.8, 4) is 11.5 Å². The van der Waals surface area contributed by atoms with Gasteiger partial charge in [-0.3, -0.25) is 19.1 Å². The third-order valence-electron chi connectivity index (χ3n) is 8.76. The van der Waals surface area contributed by atoms with Gasteiger partial charge >= 0.3 is 11.9 Å². The van der Waals surface area contributed by atoms with Crippen LogP contribution in [0.25, 0.3) is 0 Å². The molecule has 0 aliphatic rings. The molecular weight excluding hydrogens is 826 g/mol. The summed E-state index contributed by atoms with van der Waals surface area (Å²) >= 11 is 1.29. The van der Waals surface area contributed by atoms with E-state index in [-0.39, 0.29) is 95.1 Å². The van der Waals surface area contributed by atoms with Gasteiger partial charge in [-0.05, 0) is 120 Å². The maximum atomic E-state index is 14.7. The number of anilines is 1. The smallest absolute Gasteiger partial charge is 0.329 e. The summed E-state index contributed by atoms with van der Waals surface area (Å²) in [5.74, 6) is -0.394. The number of esters is 1. The van der Waals surface area contributed by atoms with Crippen molar-refractivity contribution in [1.29, 1.82) is 0 Å². The number of carboxylic acid groups (broad SMARTS) is 1. The Bertz CT molecular complexity index is 1830. The summed E-state index contributed by atoms with van der Waals surface area (Å²) in [6.45, 7) is 12.9. The lowest BCUT2D eigenvalue weighted by molar-refractivity contribution is -0.166. The van der Waals surface area contributed by atoms with Crippen molar-refractivity contribution in [3.63, 3.8) is 0 Å². The van der Waals surface area contributed by atoms with Gasteiger partial charge in [0.2, 0.25) is 11.9 Å². The second-order valence-electron chi connectivity index (χ2n) is 16.1. The molecule has 62 heavy (non-hydrogen) atoms. The number of carbonyl (C=O) groups excluding carboxylic acids is 3. The monoisotopic (exact) mass is 887 g/mol. The van der Waals surface area contributed by atoms with Crippen molar-refractivity contribution in [2.45, 2.75) is 84.1 Å². The molecule has 1 atom stereocenters. The zero-order chi connectivity index (χ0) is 45.4. The van der Waals surface area contributed by atoms with Crippen molar-refractivity contribution >= 4 is 41.6 Å². The molecule has 1 unspecified atom stereocenters. The fourth-order valence-corrected chi connectivity index (χ4v) is 6.40. The normalized spacial score (nSPS) is 12.0. The van der Waals surface area contributed by atoms with Gasteiger partial charge in [0.1, 0.15) is 36.1 Å². The molecule has 2 amide bonds. The quantitative estimate of drug-likeness (QED) is 0.0315. The van der Waals surface area contributed by atoms with Crippen LogP contribution in [0.5, 0.6) is 11.5 Å². The van der Waals surface area contributed by atoms with Crippen LogP contribution >= 0.6 is 11.9 Å². The summed E-state index contributed by atoms with van der Waals surface area (Å²) in [5.41, 5.74) is -0.216. The molecule has 4 N–H and O–H groups in total. The summed E-state index contributed by atoms with van der Waals surface area (Å²) in [6.07, 6.45) is 6.79. The predicted molar refractivity (Wildman–Crippen MR) is 232 cm³/mol. The summed E-state index contributed by atoms with van der Waals surface area (Å²) in [6, 6.07) is 12.1. The van der Waals surface area contributed by atoms with E-state index >= 15 is 0 Å². The van der Waals surface area contributed by atoms with Gasteiger partial charge in [-0.25, -0.2) is 19.2 Å². The summed E-state index contributed by atoms with van der Waals surface area (Å²) in [5, 5.41) is 13.8. The minimum Gasteiger partial charge on any atom is -0.480 e. The zero-order valence-corrected chi connectivity index (χ0v) is 37.4. The van der Waals surface area contributed by atoms with E-state index < -0.39 is 17.0 Å².